The highest BCUT2D eigenvalue weighted by Gasteiger charge is 2.30. The van der Waals surface area contributed by atoms with Crippen LogP contribution in [0.1, 0.15) is 0 Å². The van der Waals surface area contributed by atoms with Gasteiger partial charge in [0.05, 0.1) is 33.1 Å². The molecule has 9 heterocycles. The third kappa shape index (κ3) is 14.4. The largest absolute Gasteiger partial charge is 0.456 e. The molecular weight excluding hydrogens is 1830 g/mol. The van der Waals surface area contributed by atoms with Gasteiger partial charge >= 0.3 is 0 Å². The van der Waals surface area contributed by atoms with Crippen LogP contribution in [0.3, 0.4) is 0 Å². The van der Waals surface area contributed by atoms with Gasteiger partial charge in [0.15, 0.2) is 0 Å². The SMILES string of the molecule is c1ccc(N(c2ccc(-c3ccc4c5c6ccccc6n(-c6ccccc6)c5n(-c5ccccc5)c4c3)cc2)c2ccc3oc4ccccc4c3c2)cc1.c1ccc(N(c2ccc3oc4ccccc4c3c2)c2ccc3c(c2)c2c4ccccc4n(-c4ccccc4)c2n3-c2ccccc2)cc1.c1ccc(N(c2ccc3oc4ccccc4c3c2)c2ccc3c4c5ccccc5n(-c5ccccc5)c4n(-c4ccccc4)c3c2)cc1. The lowest BCUT2D eigenvalue weighted by atomic mass is 10.0. The molecule has 12 heteroatoms. The third-order valence-electron chi connectivity index (χ3n) is 29.6. The van der Waals surface area contributed by atoms with Crippen LogP contribution in [0.4, 0.5) is 51.2 Å². The van der Waals surface area contributed by atoms with Crippen molar-refractivity contribution in [2.45, 2.75) is 0 Å². The van der Waals surface area contributed by atoms with E-state index in [1.807, 2.05) is 36.4 Å². The summed E-state index contributed by atoms with van der Waals surface area (Å²) in [5.41, 5.74) is 34.7. The highest BCUT2D eigenvalue weighted by Crippen LogP contribution is 2.51. The van der Waals surface area contributed by atoms with E-state index in [0.717, 1.165) is 185 Å². The van der Waals surface area contributed by atoms with Crippen LogP contribution in [0.5, 0.6) is 0 Å². The summed E-state index contributed by atoms with van der Waals surface area (Å²) >= 11 is 0. The van der Waals surface area contributed by atoms with Crippen LogP contribution in [0.2, 0.25) is 0 Å². The average Bonchev–Trinajstić information content (AvgIpc) is 1.54. The Bertz CT molecular complexity index is 10600. The summed E-state index contributed by atoms with van der Waals surface area (Å²) in [6, 6.07) is 196. The minimum atomic E-state index is 0.887. The van der Waals surface area contributed by atoms with Crippen LogP contribution in [0.15, 0.2) is 565 Å². The van der Waals surface area contributed by atoms with Gasteiger partial charge in [-0.3, -0.25) is 27.4 Å². The fraction of sp³-hybridized carbons (Fsp3) is 0. The Morgan fingerprint density at radius 1 is 0.127 bits per heavy atom. The molecule has 31 rings (SSSR count). The quantitative estimate of drug-likeness (QED) is 0.0959. The predicted octanol–water partition coefficient (Wildman–Crippen LogP) is 38.0. The van der Waals surface area contributed by atoms with Crippen molar-refractivity contribution in [2.75, 3.05) is 14.7 Å². The van der Waals surface area contributed by atoms with E-state index in [2.05, 4.69) is 558 Å². The van der Waals surface area contributed by atoms with Crippen molar-refractivity contribution in [1.29, 1.82) is 0 Å². The molecule has 0 aliphatic carbocycles. The maximum Gasteiger partial charge on any atom is 0.135 e. The molecule has 31 aromatic rings. The zero-order valence-corrected chi connectivity index (χ0v) is 81.3. The van der Waals surface area contributed by atoms with Gasteiger partial charge in [0.2, 0.25) is 0 Å². The summed E-state index contributed by atoms with van der Waals surface area (Å²) in [5, 5.41) is 17.8. The lowest BCUT2D eigenvalue weighted by Crippen LogP contribution is -2.10. The Kier molecular flexibility index (Phi) is 20.7. The molecule has 706 valence electrons. The minimum absolute atomic E-state index is 0.887. The van der Waals surface area contributed by atoms with Gasteiger partial charge in [-0.15, -0.1) is 0 Å². The van der Waals surface area contributed by atoms with Crippen LogP contribution in [-0.4, -0.2) is 27.4 Å². The first-order valence-corrected chi connectivity index (χ1v) is 50.9. The highest BCUT2D eigenvalue weighted by molar-refractivity contribution is 6.26. The van der Waals surface area contributed by atoms with Crippen molar-refractivity contribution in [1.82, 2.24) is 27.4 Å². The molecule has 0 aliphatic rings. The topological polar surface area (TPSA) is 78.7 Å². The maximum absolute atomic E-state index is 6.21. The van der Waals surface area contributed by atoms with E-state index in [1.54, 1.807) is 0 Å². The van der Waals surface area contributed by atoms with Crippen LogP contribution in [0.25, 0.3) is 210 Å². The van der Waals surface area contributed by atoms with E-state index in [-0.39, 0.29) is 0 Å². The Morgan fingerprint density at radius 2 is 0.340 bits per heavy atom. The van der Waals surface area contributed by atoms with Crippen LogP contribution >= 0.6 is 0 Å². The minimum Gasteiger partial charge on any atom is -0.456 e. The van der Waals surface area contributed by atoms with Crippen molar-refractivity contribution < 1.29 is 13.3 Å². The molecule has 150 heavy (non-hydrogen) atoms. The second kappa shape index (κ2) is 35.9. The second-order valence-electron chi connectivity index (χ2n) is 38.2. The van der Waals surface area contributed by atoms with Gasteiger partial charge in [-0.1, -0.05) is 303 Å². The van der Waals surface area contributed by atoms with Gasteiger partial charge in [0.25, 0.3) is 0 Å². The smallest absolute Gasteiger partial charge is 0.135 e. The molecule has 0 aliphatic heterocycles. The third-order valence-corrected chi connectivity index (χ3v) is 29.6. The predicted molar refractivity (Wildman–Crippen MR) is 624 cm³/mol. The summed E-state index contributed by atoms with van der Waals surface area (Å²) < 4.78 is 33.1. The summed E-state index contributed by atoms with van der Waals surface area (Å²) in [5.74, 6) is 0. The van der Waals surface area contributed by atoms with Gasteiger partial charge in [-0.05, 0) is 260 Å². The summed E-state index contributed by atoms with van der Waals surface area (Å²) in [7, 11) is 0. The zero-order valence-electron chi connectivity index (χ0n) is 81.3. The van der Waals surface area contributed by atoms with E-state index >= 15 is 0 Å². The van der Waals surface area contributed by atoms with Crippen molar-refractivity contribution >= 4 is 216 Å². The first-order chi connectivity index (χ1) is 74.5. The Hall–Kier alpha value is -20.3. The molecule has 0 unspecified atom stereocenters. The summed E-state index contributed by atoms with van der Waals surface area (Å²) in [6.45, 7) is 0. The fourth-order valence-electron chi connectivity index (χ4n) is 23.1. The molecule has 22 aromatic carbocycles. The number of nitrogens with zero attached hydrogens (tertiary/aromatic N) is 9. The summed E-state index contributed by atoms with van der Waals surface area (Å²) in [6.07, 6.45) is 0. The molecule has 0 amide bonds. The normalized spacial score (nSPS) is 11.7. The molecule has 12 nitrogen and oxygen atoms in total. The van der Waals surface area contributed by atoms with Crippen molar-refractivity contribution in [3.05, 3.63) is 552 Å². The van der Waals surface area contributed by atoms with Crippen molar-refractivity contribution in [3.63, 3.8) is 0 Å². The number of rotatable bonds is 16. The Morgan fingerprint density at radius 3 is 0.687 bits per heavy atom. The van der Waals surface area contributed by atoms with Gasteiger partial charge in [-0.25, -0.2) is 0 Å². The van der Waals surface area contributed by atoms with Crippen LogP contribution < -0.4 is 14.7 Å². The second-order valence-corrected chi connectivity index (χ2v) is 38.2. The van der Waals surface area contributed by atoms with Gasteiger partial charge in [0.1, 0.15) is 50.4 Å². The molecule has 0 saturated carbocycles. The first-order valence-electron chi connectivity index (χ1n) is 50.9. The Labute approximate surface area is 862 Å². The fourth-order valence-corrected chi connectivity index (χ4v) is 23.1. The van der Waals surface area contributed by atoms with Gasteiger partial charge in [0, 0.05) is 166 Å². The molecule has 0 fully saturated rings. The van der Waals surface area contributed by atoms with E-state index in [1.165, 1.54) is 76.1 Å². The number of hydrogen-bond acceptors (Lipinski definition) is 6. The Balaban J connectivity index is 0.000000106. The first kappa shape index (κ1) is 86.3. The van der Waals surface area contributed by atoms with Crippen molar-refractivity contribution in [2.24, 2.45) is 0 Å². The molecule has 0 radical (unpaired) electrons. The number of fused-ring (bicyclic) bond motifs is 24. The molecule has 9 aromatic heterocycles. The number of para-hydroxylation sites is 15. The molecule has 0 spiro atoms. The summed E-state index contributed by atoms with van der Waals surface area (Å²) in [4.78, 5) is 7.01. The number of benzene rings is 22. The lowest BCUT2D eigenvalue weighted by molar-refractivity contribution is 0.668. The molecule has 0 bridgehead atoms. The van der Waals surface area contributed by atoms with Gasteiger partial charge in [-0.2, -0.15) is 0 Å². The molecule has 0 N–H and O–H groups in total. The molecule has 0 saturated heterocycles. The van der Waals surface area contributed by atoms with E-state index in [9.17, 15) is 0 Å². The lowest BCUT2D eigenvalue weighted by Gasteiger charge is -2.26. The maximum atomic E-state index is 6.21. The van der Waals surface area contributed by atoms with Crippen LogP contribution in [0, 0.1) is 0 Å². The highest BCUT2D eigenvalue weighted by atomic mass is 16.3. The van der Waals surface area contributed by atoms with E-state index in [0.29, 0.717) is 0 Å². The van der Waals surface area contributed by atoms with Crippen molar-refractivity contribution in [3.8, 4) is 45.3 Å². The number of hydrogen-bond donors (Lipinski definition) is 0. The molecular formula is C138H91N9O3. The van der Waals surface area contributed by atoms with Crippen LogP contribution in [-0.2, 0) is 0 Å². The zero-order chi connectivity index (χ0) is 98.8. The number of anilines is 9. The standard InChI is InChI=1S/C50H33N3O.2C44H29N3O/c1-4-14-36(15-5-1)51(40-29-31-48-44(33-40)41-20-11-13-23-47(41)54-48)39-27-24-34(25-28-39)35-26-30-43-46(32-35)53(38-18-8-3-9-19-38)50-49(43)42-21-10-12-22-45(42)52(50)37-16-6-2-7-17-37;1-4-14-30(15-5-1)45(33-25-27-42-38(28-33)35-20-11-13-23-41(35)48-42)34-24-26-37-40(29-34)47(32-18-8-3-9-19-32)44-43(37)36-21-10-12-22-39(36)46(44)31-16-6-2-7-17-31;1-4-14-30(15-5-1)45(34-25-27-42-37(28-34)35-20-11-13-23-41(35)48-42)33-24-26-40-38(29-33)43-36-21-10-12-22-39(36)46(31-16-6-2-7-17-31)44(43)47(40)32-18-8-3-9-19-32/h1-33H;2*1-29H. The van der Waals surface area contributed by atoms with E-state index < -0.39 is 0 Å². The van der Waals surface area contributed by atoms with E-state index in [4.69, 9.17) is 13.3 Å². The number of furan rings is 3. The monoisotopic (exact) mass is 1920 g/mol. The van der Waals surface area contributed by atoms with Gasteiger partial charge < -0.3 is 28.0 Å². The molecule has 0 atom stereocenters. The average molecular weight is 1920 g/mol. The number of aromatic nitrogens is 6.